The fourth-order valence-electron chi connectivity index (χ4n) is 2.54. The first-order chi connectivity index (χ1) is 13.8. The largest absolute Gasteiger partial charge is 0.357 e. The number of aryl methyl sites for hydroxylation is 1. The maximum Gasteiger partial charge on any atom is 0.270 e. The van der Waals surface area contributed by atoms with E-state index in [0.717, 1.165) is 17.2 Å². The van der Waals surface area contributed by atoms with Crippen LogP contribution in [0.5, 0.6) is 0 Å². The van der Waals surface area contributed by atoms with Gasteiger partial charge < -0.3 is 10.6 Å². The normalized spacial score (nSPS) is 11.9. The Balaban J connectivity index is 1.91. The topological polar surface area (TPSA) is 126 Å². The van der Waals surface area contributed by atoms with Crippen LogP contribution in [0.3, 0.4) is 0 Å². The molecule has 2 rings (SSSR count). The molecule has 0 aromatic heterocycles. The van der Waals surface area contributed by atoms with Crippen molar-refractivity contribution >= 4 is 21.7 Å². The molecule has 3 N–H and O–H groups in total. The predicted molar refractivity (Wildman–Crippen MR) is 112 cm³/mol. The quantitative estimate of drug-likeness (QED) is 0.187. The van der Waals surface area contributed by atoms with E-state index in [1.165, 1.54) is 18.2 Å². The standard InChI is InChI=1S/C19H25N5O4S/c1-3-20-19(22-14-16-7-4-6-15(2)12-16)21-10-11-23-29(27,28)18-9-5-8-17(13-18)24(25)26/h4-9,12-13,23H,3,10-11,14H2,1-2H3,(H2,20,21,22). The highest BCUT2D eigenvalue weighted by molar-refractivity contribution is 7.89. The summed E-state index contributed by atoms with van der Waals surface area (Å²) >= 11 is 0. The van der Waals surface area contributed by atoms with E-state index >= 15 is 0 Å². The van der Waals surface area contributed by atoms with Gasteiger partial charge in [-0.05, 0) is 25.5 Å². The third-order valence-electron chi connectivity index (χ3n) is 3.89. The number of hydrogen-bond acceptors (Lipinski definition) is 5. The Morgan fingerprint density at radius 1 is 1.10 bits per heavy atom. The molecular formula is C19H25N5O4S. The molecule has 0 aliphatic rings. The molecule has 0 amide bonds. The second kappa shape index (κ2) is 10.5. The molecule has 0 fully saturated rings. The Kier molecular flexibility index (Phi) is 8.10. The van der Waals surface area contributed by atoms with Crippen LogP contribution in [0.25, 0.3) is 0 Å². The Morgan fingerprint density at radius 2 is 1.86 bits per heavy atom. The van der Waals surface area contributed by atoms with E-state index in [1.54, 1.807) is 0 Å². The molecule has 0 heterocycles. The number of sulfonamides is 1. The monoisotopic (exact) mass is 419 g/mol. The second-order valence-corrected chi connectivity index (χ2v) is 8.03. The van der Waals surface area contributed by atoms with Gasteiger partial charge in [-0.1, -0.05) is 35.9 Å². The number of non-ortho nitro benzene ring substituents is 1. The molecule has 0 saturated heterocycles. The van der Waals surface area contributed by atoms with Gasteiger partial charge in [0.05, 0.1) is 16.4 Å². The summed E-state index contributed by atoms with van der Waals surface area (Å²) in [4.78, 5) is 14.5. The molecule has 0 spiro atoms. The van der Waals surface area contributed by atoms with Crippen molar-refractivity contribution in [3.05, 3.63) is 69.8 Å². The average Bonchev–Trinajstić information content (AvgIpc) is 2.69. The van der Waals surface area contributed by atoms with Crippen molar-refractivity contribution < 1.29 is 13.3 Å². The minimum atomic E-state index is -3.84. The van der Waals surface area contributed by atoms with Crippen molar-refractivity contribution in [3.8, 4) is 0 Å². The van der Waals surface area contributed by atoms with Gasteiger partial charge in [0, 0.05) is 31.8 Å². The number of hydrogen-bond donors (Lipinski definition) is 3. The predicted octanol–water partition coefficient (Wildman–Crippen LogP) is 1.94. The van der Waals surface area contributed by atoms with Crippen LogP contribution in [-0.4, -0.2) is 38.9 Å². The number of rotatable bonds is 9. The number of aliphatic imine (C=N–C) groups is 1. The Morgan fingerprint density at radius 3 is 2.55 bits per heavy atom. The number of nitrogens with zero attached hydrogens (tertiary/aromatic N) is 2. The van der Waals surface area contributed by atoms with Gasteiger partial charge in [0.2, 0.25) is 10.0 Å². The van der Waals surface area contributed by atoms with E-state index in [0.29, 0.717) is 25.6 Å². The summed E-state index contributed by atoms with van der Waals surface area (Å²) < 4.78 is 27.0. The van der Waals surface area contributed by atoms with Crippen molar-refractivity contribution in [2.75, 3.05) is 19.6 Å². The molecule has 10 heteroatoms. The summed E-state index contributed by atoms with van der Waals surface area (Å²) in [6.45, 7) is 5.52. The lowest BCUT2D eigenvalue weighted by atomic mass is 10.1. The average molecular weight is 420 g/mol. The summed E-state index contributed by atoms with van der Waals surface area (Å²) in [5, 5.41) is 17.0. The zero-order valence-corrected chi connectivity index (χ0v) is 17.2. The summed E-state index contributed by atoms with van der Waals surface area (Å²) in [6, 6.07) is 13.0. The van der Waals surface area contributed by atoms with Gasteiger partial charge in [-0.15, -0.1) is 0 Å². The maximum atomic E-state index is 12.3. The number of benzene rings is 2. The van der Waals surface area contributed by atoms with E-state index in [4.69, 9.17) is 0 Å². The lowest BCUT2D eigenvalue weighted by Gasteiger charge is -2.12. The van der Waals surface area contributed by atoms with Gasteiger partial charge in [-0.25, -0.2) is 18.1 Å². The lowest BCUT2D eigenvalue weighted by Crippen LogP contribution is -2.41. The van der Waals surface area contributed by atoms with Crippen LogP contribution in [0.4, 0.5) is 5.69 Å². The van der Waals surface area contributed by atoms with Gasteiger partial charge in [-0.2, -0.15) is 0 Å². The first-order valence-corrected chi connectivity index (χ1v) is 10.6. The minimum absolute atomic E-state index is 0.0971. The van der Waals surface area contributed by atoms with Gasteiger partial charge >= 0.3 is 0 Å². The van der Waals surface area contributed by atoms with Crippen molar-refractivity contribution in [3.63, 3.8) is 0 Å². The van der Waals surface area contributed by atoms with E-state index in [2.05, 4.69) is 26.4 Å². The first-order valence-electron chi connectivity index (χ1n) is 9.13. The van der Waals surface area contributed by atoms with Crippen molar-refractivity contribution in [1.29, 1.82) is 0 Å². The van der Waals surface area contributed by atoms with Crippen LogP contribution in [0.2, 0.25) is 0 Å². The number of nitro benzene ring substituents is 1. The number of nitro groups is 1. The molecule has 0 aliphatic carbocycles. The third kappa shape index (κ3) is 7.16. The highest BCUT2D eigenvalue weighted by atomic mass is 32.2. The molecule has 0 saturated carbocycles. The molecule has 2 aromatic carbocycles. The molecule has 156 valence electrons. The van der Waals surface area contributed by atoms with Crippen LogP contribution in [0, 0.1) is 17.0 Å². The number of nitrogens with one attached hydrogen (secondary N) is 3. The molecule has 29 heavy (non-hydrogen) atoms. The molecule has 0 unspecified atom stereocenters. The highest BCUT2D eigenvalue weighted by Gasteiger charge is 2.17. The highest BCUT2D eigenvalue weighted by Crippen LogP contribution is 2.16. The van der Waals surface area contributed by atoms with Crippen LogP contribution in [0.15, 0.2) is 58.4 Å². The van der Waals surface area contributed by atoms with Crippen molar-refractivity contribution in [2.24, 2.45) is 4.99 Å². The molecule has 9 nitrogen and oxygen atoms in total. The minimum Gasteiger partial charge on any atom is -0.357 e. The van der Waals surface area contributed by atoms with Crippen LogP contribution in [0.1, 0.15) is 18.1 Å². The fraction of sp³-hybridized carbons (Fsp3) is 0.316. The van der Waals surface area contributed by atoms with Gasteiger partial charge in [0.15, 0.2) is 5.96 Å². The van der Waals surface area contributed by atoms with Crippen molar-refractivity contribution in [2.45, 2.75) is 25.3 Å². The molecule has 0 aliphatic heterocycles. The molecule has 0 atom stereocenters. The molecule has 0 radical (unpaired) electrons. The Bertz CT molecular complexity index is 976. The molecule has 0 bridgehead atoms. The van der Waals surface area contributed by atoms with Gasteiger partial charge in [0.25, 0.3) is 5.69 Å². The van der Waals surface area contributed by atoms with E-state index in [9.17, 15) is 18.5 Å². The summed E-state index contributed by atoms with van der Waals surface area (Å²) in [7, 11) is -3.84. The van der Waals surface area contributed by atoms with E-state index < -0.39 is 14.9 Å². The van der Waals surface area contributed by atoms with Crippen LogP contribution in [-0.2, 0) is 16.6 Å². The van der Waals surface area contributed by atoms with E-state index in [1.807, 2.05) is 32.0 Å². The summed E-state index contributed by atoms with van der Waals surface area (Å²) in [5.41, 5.74) is 1.96. The van der Waals surface area contributed by atoms with Crippen LogP contribution < -0.4 is 15.4 Å². The fourth-order valence-corrected chi connectivity index (χ4v) is 3.61. The van der Waals surface area contributed by atoms with Gasteiger partial charge in [0.1, 0.15) is 0 Å². The first kappa shape index (κ1) is 22.3. The maximum absolute atomic E-state index is 12.3. The van der Waals surface area contributed by atoms with E-state index in [-0.39, 0.29) is 17.1 Å². The Labute approximate surface area is 170 Å². The summed E-state index contributed by atoms with van der Waals surface area (Å²) in [5.74, 6) is 0.573. The van der Waals surface area contributed by atoms with Crippen LogP contribution >= 0.6 is 0 Å². The zero-order chi connectivity index (χ0) is 21.3. The number of guanidine groups is 1. The smallest absolute Gasteiger partial charge is 0.270 e. The summed E-state index contributed by atoms with van der Waals surface area (Å²) in [6.07, 6.45) is 0. The molecular weight excluding hydrogens is 394 g/mol. The zero-order valence-electron chi connectivity index (χ0n) is 16.4. The van der Waals surface area contributed by atoms with Crippen molar-refractivity contribution in [1.82, 2.24) is 15.4 Å². The lowest BCUT2D eigenvalue weighted by molar-refractivity contribution is -0.385. The third-order valence-corrected chi connectivity index (χ3v) is 5.35. The SMILES string of the molecule is CCNC(=NCc1cccc(C)c1)NCCNS(=O)(=O)c1cccc([N+](=O)[O-])c1. The molecule has 2 aromatic rings. The Hall–Kier alpha value is -2.98. The van der Waals surface area contributed by atoms with Gasteiger partial charge in [-0.3, -0.25) is 10.1 Å². The second-order valence-electron chi connectivity index (χ2n) is 6.26.